The summed E-state index contributed by atoms with van der Waals surface area (Å²) in [5.74, 6) is 3.32. The van der Waals surface area contributed by atoms with Crippen molar-refractivity contribution < 1.29 is 9.53 Å². The lowest BCUT2D eigenvalue weighted by Crippen LogP contribution is -2.26. The van der Waals surface area contributed by atoms with Gasteiger partial charge in [0, 0.05) is 17.3 Å². The van der Waals surface area contributed by atoms with Crippen LogP contribution in [0.4, 0.5) is 0 Å². The molecule has 0 saturated heterocycles. The number of allylic oxidation sites excluding steroid dienone is 8. The van der Waals surface area contributed by atoms with Gasteiger partial charge in [0.1, 0.15) is 6.61 Å². The van der Waals surface area contributed by atoms with Crippen LogP contribution in [-0.2, 0) is 9.53 Å². The number of nitrogens with zero attached hydrogens (tertiary/aromatic N) is 1. The molecular formula is C43H79NO2S4. The summed E-state index contributed by atoms with van der Waals surface area (Å²) < 4.78 is 5.64. The molecule has 0 rings (SSSR count). The molecule has 0 aliphatic carbocycles. The van der Waals surface area contributed by atoms with Crippen molar-refractivity contribution in [3.8, 4) is 0 Å². The maximum atomic E-state index is 12.1. The summed E-state index contributed by atoms with van der Waals surface area (Å²) in [5, 5.41) is 0.351. The third kappa shape index (κ3) is 42.2. The molecule has 0 aliphatic heterocycles. The molecule has 50 heavy (non-hydrogen) atoms. The van der Waals surface area contributed by atoms with Gasteiger partial charge in [-0.15, -0.1) is 0 Å². The van der Waals surface area contributed by atoms with E-state index in [0.717, 1.165) is 18.6 Å². The zero-order valence-electron chi connectivity index (χ0n) is 33.1. The van der Waals surface area contributed by atoms with Gasteiger partial charge in [0.2, 0.25) is 0 Å². The van der Waals surface area contributed by atoms with Crippen molar-refractivity contribution in [3.63, 3.8) is 0 Å². The number of carbonyl (C=O) groups excluding carboxylic acids is 1. The minimum absolute atomic E-state index is 0.116. The fraction of sp³-hybridized carbons (Fsp3) is 0.791. The lowest BCUT2D eigenvalue weighted by atomic mass is 10.1. The van der Waals surface area contributed by atoms with Gasteiger partial charge in [-0.3, -0.25) is 9.69 Å². The molecule has 0 aromatic heterocycles. The van der Waals surface area contributed by atoms with Gasteiger partial charge in [-0.05, 0) is 91.1 Å². The molecule has 1 atom stereocenters. The molecule has 292 valence electrons. The van der Waals surface area contributed by atoms with Crippen molar-refractivity contribution in [2.24, 2.45) is 0 Å². The first kappa shape index (κ1) is 49.8. The Morgan fingerprint density at radius 1 is 0.540 bits per heavy atom. The van der Waals surface area contributed by atoms with Crippen LogP contribution in [0.5, 0.6) is 0 Å². The Kier molecular flexibility index (Phi) is 43.0. The van der Waals surface area contributed by atoms with Crippen LogP contribution in [0.1, 0.15) is 168 Å². The molecule has 0 N–H and O–H groups in total. The van der Waals surface area contributed by atoms with E-state index in [-0.39, 0.29) is 5.97 Å². The second-order valence-electron chi connectivity index (χ2n) is 13.7. The van der Waals surface area contributed by atoms with Crippen molar-refractivity contribution in [2.45, 2.75) is 173 Å². The lowest BCUT2D eigenvalue weighted by Gasteiger charge is -2.16. The summed E-state index contributed by atoms with van der Waals surface area (Å²) in [7, 11) is 11.7. The van der Waals surface area contributed by atoms with E-state index in [1.165, 1.54) is 153 Å². The van der Waals surface area contributed by atoms with Crippen molar-refractivity contribution in [1.29, 1.82) is 0 Å². The Bertz CT molecular complexity index is 815. The standard InChI is InChI=1S/C43H79NO2S4/c1-5-7-9-11-13-15-17-19-21-23-25-27-29-31-33-35-37-47-49-41-42(40-46-43(45)39-44(3)4)50-48-38-36-34-32-30-28-26-24-22-20-18-16-14-12-10-8-6-2/h13-16,19-22,42H,5-12,17-18,23-41H2,1-4H3/b15-13-,16-14-,21-19-,22-20-. The summed E-state index contributed by atoms with van der Waals surface area (Å²) in [6, 6.07) is 0. The van der Waals surface area contributed by atoms with Crippen molar-refractivity contribution in [1.82, 2.24) is 4.90 Å². The van der Waals surface area contributed by atoms with Gasteiger partial charge in [-0.1, -0.05) is 183 Å². The first-order valence-corrected chi connectivity index (χ1v) is 25.4. The van der Waals surface area contributed by atoms with E-state index in [4.69, 9.17) is 4.74 Å². The minimum atomic E-state index is -0.116. The third-order valence-electron chi connectivity index (χ3n) is 8.27. The Balaban J connectivity index is 3.86. The normalized spacial score (nSPS) is 12.9. The summed E-state index contributed by atoms with van der Waals surface area (Å²) in [6.45, 7) is 5.40. The summed E-state index contributed by atoms with van der Waals surface area (Å²) in [5.41, 5.74) is 0. The zero-order chi connectivity index (χ0) is 36.4. The Morgan fingerprint density at radius 3 is 1.42 bits per heavy atom. The Labute approximate surface area is 328 Å². The first-order chi connectivity index (χ1) is 24.6. The number of hydrogen-bond acceptors (Lipinski definition) is 7. The lowest BCUT2D eigenvalue weighted by molar-refractivity contribution is -0.144. The molecule has 0 aromatic rings. The number of unbranched alkanes of at least 4 members (excludes halogenated alkanes) is 18. The van der Waals surface area contributed by atoms with Gasteiger partial charge in [-0.2, -0.15) is 0 Å². The Morgan fingerprint density at radius 2 is 0.960 bits per heavy atom. The van der Waals surface area contributed by atoms with E-state index in [0.29, 0.717) is 18.4 Å². The van der Waals surface area contributed by atoms with Gasteiger partial charge in [-0.25, -0.2) is 0 Å². The van der Waals surface area contributed by atoms with Gasteiger partial charge in [0.15, 0.2) is 0 Å². The average Bonchev–Trinajstić information content (AvgIpc) is 3.10. The molecule has 1 unspecified atom stereocenters. The molecule has 0 aliphatic rings. The first-order valence-electron chi connectivity index (χ1n) is 20.5. The van der Waals surface area contributed by atoms with E-state index >= 15 is 0 Å². The van der Waals surface area contributed by atoms with Gasteiger partial charge in [0.25, 0.3) is 0 Å². The van der Waals surface area contributed by atoms with Crippen molar-refractivity contribution in [2.75, 3.05) is 44.5 Å². The Hall–Kier alpha value is -0.210. The molecule has 3 nitrogen and oxygen atoms in total. The van der Waals surface area contributed by atoms with E-state index in [2.05, 4.69) is 62.5 Å². The van der Waals surface area contributed by atoms with Crippen LogP contribution in [0.15, 0.2) is 48.6 Å². The van der Waals surface area contributed by atoms with Crippen LogP contribution in [0.2, 0.25) is 0 Å². The van der Waals surface area contributed by atoms with E-state index in [1.807, 2.05) is 62.2 Å². The van der Waals surface area contributed by atoms with E-state index < -0.39 is 0 Å². The maximum absolute atomic E-state index is 12.1. The second kappa shape index (κ2) is 43.2. The molecule has 0 radical (unpaired) electrons. The van der Waals surface area contributed by atoms with Crippen LogP contribution >= 0.6 is 43.2 Å². The fourth-order valence-corrected chi connectivity index (χ4v) is 10.8. The number of ether oxygens (including phenoxy) is 1. The zero-order valence-corrected chi connectivity index (χ0v) is 36.4. The molecular weight excluding hydrogens is 691 g/mol. The topological polar surface area (TPSA) is 29.5 Å². The number of esters is 1. The summed E-state index contributed by atoms with van der Waals surface area (Å²) in [6.07, 6.45) is 49.9. The van der Waals surface area contributed by atoms with Crippen LogP contribution in [0, 0.1) is 0 Å². The molecule has 7 heteroatoms. The number of rotatable bonds is 39. The highest BCUT2D eigenvalue weighted by atomic mass is 33.1. The molecule has 0 fully saturated rings. The molecule has 0 bridgehead atoms. The van der Waals surface area contributed by atoms with Gasteiger partial charge >= 0.3 is 5.97 Å². The van der Waals surface area contributed by atoms with Crippen LogP contribution < -0.4 is 0 Å². The SMILES string of the molecule is CCCCC/C=C\C/C=C\CCCCCCCCSSCC(COC(=O)CN(C)C)SSCCCCCCCC/C=C\C/C=C\CCCCC. The smallest absolute Gasteiger partial charge is 0.320 e. The molecule has 0 spiro atoms. The summed E-state index contributed by atoms with van der Waals surface area (Å²) in [4.78, 5) is 14.0. The highest BCUT2D eigenvalue weighted by molar-refractivity contribution is 8.78. The predicted octanol–water partition coefficient (Wildman–Crippen LogP) is 14.8. The van der Waals surface area contributed by atoms with Crippen LogP contribution in [-0.4, -0.2) is 60.6 Å². The van der Waals surface area contributed by atoms with E-state index in [1.54, 1.807) is 0 Å². The summed E-state index contributed by atoms with van der Waals surface area (Å²) >= 11 is 0. The highest BCUT2D eigenvalue weighted by Gasteiger charge is 2.14. The number of hydrogen-bond donors (Lipinski definition) is 0. The largest absolute Gasteiger partial charge is 0.463 e. The minimum Gasteiger partial charge on any atom is -0.463 e. The van der Waals surface area contributed by atoms with Gasteiger partial charge in [0.05, 0.1) is 11.8 Å². The van der Waals surface area contributed by atoms with Crippen LogP contribution in [0.3, 0.4) is 0 Å². The van der Waals surface area contributed by atoms with Crippen LogP contribution in [0.25, 0.3) is 0 Å². The molecule has 0 heterocycles. The quantitative estimate of drug-likeness (QED) is 0.0266. The van der Waals surface area contributed by atoms with Gasteiger partial charge < -0.3 is 4.74 Å². The molecule has 0 saturated carbocycles. The second-order valence-corrected chi connectivity index (χ2v) is 19.2. The fourth-order valence-electron chi connectivity index (χ4n) is 5.22. The van der Waals surface area contributed by atoms with Crippen molar-refractivity contribution in [3.05, 3.63) is 48.6 Å². The molecule has 0 aromatic carbocycles. The maximum Gasteiger partial charge on any atom is 0.320 e. The van der Waals surface area contributed by atoms with Crippen molar-refractivity contribution >= 4 is 49.1 Å². The highest BCUT2D eigenvalue weighted by Crippen LogP contribution is 2.34. The number of likely N-dealkylation sites (N-methyl/N-ethyl adjacent to an activating group) is 1. The monoisotopic (exact) mass is 769 g/mol. The number of carbonyl (C=O) groups is 1. The average molecular weight is 770 g/mol. The third-order valence-corrected chi connectivity index (χ3v) is 13.9. The predicted molar refractivity (Wildman–Crippen MR) is 237 cm³/mol. The van der Waals surface area contributed by atoms with E-state index in [9.17, 15) is 4.79 Å². The molecule has 0 amide bonds.